The summed E-state index contributed by atoms with van der Waals surface area (Å²) in [5.41, 5.74) is 3.83. The summed E-state index contributed by atoms with van der Waals surface area (Å²) >= 11 is 3.49. The third-order valence-corrected chi connectivity index (χ3v) is 3.14. The fourth-order valence-electron chi connectivity index (χ4n) is 1.80. The molecule has 0 saturated heterocycles. The minimum Gasteiger partial charge on any atom is -0.385 e. The summed E-state index contributed by atoms with van der Waals surface area (Å²) in [6, 6.07) is 16.9. The summed E-state index contributed by atoms with van der Waals surface area (Å²) in [6.07, 6.45) is 1.04. The normalized spacial score (nSPS) is 10.2. The first kappa shape index (κ1) is 12.2. The van der Waals surface area contributed by atoms with E-state index in [1.54, 1.807) is 0 Å². The van der Waals surface area contributed by atoms with Crippen LogP contribution in [0.3, 0.4) is 0 Å². The summed E-state index contributed by atoms with van der Waals surface area (Å²) in [4.78, 5) is 0. The largest absolute Gasteiger partial charge is 0.385 e. The van der Waals surface area contributed by atoms with Crippen LogP contribution >= 0.6 is 15.9 Å². The van der Waals surface area contributed by atoms with Crippen molar-refractivity contribution in [2.24, 2.45) is 0 Å². The molecule has 0 unspecified atom stereocenters. The van der Waals surface area contributed by atoms with Gasteiger partial charge in [0.15, 0.2) is 0 Å². The second-order valence-corrected chi connectivity index (χ2v) is 5.09. The van der Waals surface area contributed by atoms with Crippen molar-refractivity contribution in [3.05, 3.63) is 64.1 Å². The van der Waals surface area contributed by atoms with E-state index in [4.69, 9.17) is 0 Å². The molecule has 2 rings (SSSR count). The van der Waals surface area contributed by atoms with Crippen LogP contribution in [0.15, 0.2) is 53.0 Å². The minimum atomic E-state index is 0.958. The van der Waals surface area contributed by atoms with E-state index >= 15 is 0 Å². The average Bonchev–Trinajstić information content (AvgIpc) is 2.29. The van der Waals surface area contributed by atoms with Crippen molar-refractivity contribution in [3.63, 3.8) is 0 Å². The van der Waals surface area contributed by atoms with E-state index in [1.807, 2.05) is 0 Å². The molecule has 1 nitrogen and oxygen atoms in total. The van der Waals surface area contributed by atoms with Crippen molar-refractivity contribution in [1.82, 2.24) is 0 Å². The van der Waals surface area contributed by atoms with E-state index in [9.17, 15) is 0 Å². The molecule has 2 heteroatoms. The summed E-state index contributed by atoms with van der Waals surface area (Å²) < 4.78 is 1.14. The van der Waals surface area contributed by atoms with Gasteiger partial charge in [-0.25, -0.2) is 0 Å². The van der Waals surface area contributed by atoms with Gasteiger partial charge in [0.25, 0.3) is 0 Å². The van der Waals surface area contributed by atoms with Crippen molar-refractivity contribution >= 4 is 21.6 Å². The first-order chi connectivity index (χ1) is 8.24. The van der Waals surface area contributed by atoms with Crippen LogP contribution in [0, 0.1) is 6.92 Å². The number of hydrogen-bond acceptors (Lipinski definition) is 1. The van der Waals surface area contributed by atoms with E-state index < -0.39 is 0 Å². The molecule has 0 spiro atoms. The Morgan fingerprint density at radius 2 is 1.88 bits per heavy atom. The molecule has 0 aliphatic rings. The quantitative estimate of drug-likeness (QED) is 0.879. The number of halogens is 1. The Hall–Kier alpha value is -1.28. The van der Waals surface area contributed by atoms with Crippen LogP contribution in [0.25, 0.3) is 0 Å². The molecule has 0 fully saturated rings. The van der Waals surface area contributed by atoms with Crippen LogP contribution in [-0.4, -0.2) is 6.54 Å². The fourth-order valence-corrected chi connectivity index (χ4v) is 2.25. The third-order valence-electron chi connectivity index (χ3n) is 2.65. The van der Waals surface area contributed by atoms with Crippen LogP contribution in [0.5, 0.6) is 0 Å². The number of benzene rings is 2. The highest BCUT2D eigenvalue weighted by Crippen LogP contribution is 2.13. The van der Waals surface area contributed by atoms with Crippen LogP contribution < -0.4 is 5.32 Å². The Morgan fingerprint density at radius 1 is 1.06 bits per heavy atom. The van der Waals surface area contributed by atoms with Crippen molar-refractivity contribution in [3.8, 4) is 0 Å². The number of hydrogen-bond donors (Lipinski definition) is 1. The fraction of sp³-hybridized carbons (Fsp3) is 0.200. The molecule has 1 N–H and O–H groups in total. The summed E-state index contributed by atoms with van der Waals surface area (Å²) in [6.45, 7) is 3.07. The van der Waals surface area contributed by atoms with Gasteiger partial charge in [-0.1, -0.05) is 40.2 Å². The Bertz CT molecular complexity index is 448. The van der Waals surface area contributed by atoms with Crippen LogP contribution in [0.1, 0.15) is 11.1 Å². The molecule has 0 saturated carbocycles. The number of nitrogens with one attached hydrogen (secondary N) is 1. The lowest BCUT2D eigenvalue weighted by molar-refractivity contribution is 1.02. The highest BCUT2D eigenvalue weighted by atomic mass is 79.9. The first-order valence-corrected chi connectivity index (χ1v) is 6.58. The first-order valence-electron chi connectivity index (χ1n) is 5.79. The Kier molecular flexibility index (Phi) is 4.21. The lowest BCUT2D eigenvalue weighted by atomic mass is 10.1. The van der Waals surface area contributed by atoms with Gasteiger partial charge in [0.2, 0.25) is 0 Å². The van der Waals surface area contributed by atoms with Gasteiger partial charge < -0.3 is 5.32 Å². The van der Waals surface area contributed by atoms with Gasteiger partial charge >= 0.3 is 0 Å². The standard InChI is InChI=1S/C15H16BrN/c1-12-4-2-7-15(10-12)17-9-8-13-5-3-6-14(16)11-13/h2-7,10-11,17H,8-9H2,1H3. The molecule has 0 radical (unpaired) electrons. The zero-order chi connectivity index (χ0) is 12.1. The van der Waals surface area contributed by atoms with Crippen LogP contribution in [0.4, 0.5) is 5.69 Å². The van der Waals surface area contributed by atoms with Crippen molar-refractivity contribution < 1.29 is 0 Å². The second-order valence-electron chi connectivity index (χ2n) is 4.18. The van der Waals surface area contributed by atoms with Crippen LogP contribution in [0.2, 0.25) is 0 Å². The minimum absolute atomic E-state index is 0.958. The van der Waals surface area contributed by atoms with Gasteiger partial charge in [0, 0.05) is 16.7 Å². The molecule has 0 aliphatic carbocycles. The summed E-state index contributed by atoms with van der Waals surface area (Å²) in [5.74, 6) is 0. The maximum Gasteiger partial charge on any atom is 0.0342 e. The molecular formula is C15H16BrN. The molecule has 2 aromatic carbocycles. The molecule has 0 atom stereocenters. The van der Waals surface area contributed by atoms with E-state index in [0.717, 1.165) is 17.4 Å². The Morgan fingerprint density at radius 3 is 2.65 bits per heavy atom. The van der Waals surface area contributed by atoms with Crippen molar-refractivity contribution in [2.45, 2.75) is 13.3 Å². The molecular weight excluding hydrogens is 274 g/mol. The Balaban J connectivity index is 1.87. The lowest BCUT2D eigenvalue weighted by Crippen LogP contribution is -2.04. The van der Waals surface area contributed by atoms with Crippen molar-refractivity contribution in [1.29, 1.82) is 0 Å². The number of aryl methyl sites for hydroxylation is 1. The molecule has 0 amide bonds. The molecule has 88 valence electrons. The van der Waals surface area contributed by atoms with Gasteiger partial charge in [-0.2, -0.15) is 0 Å². The van der Waals surface area contributed by atoms with E-state index in [0.29, 0.717) is 0 Å². The van der Waals surface area contributed by atoms with Gasteiger partial charge in [0.05, 0.1) is 0 Å². The number of rotatable bonds is 4. The molecule has 2 aromatic rings. The maximum absolute atomic E-state index is 3.49. The van der Waals surface area contributed by atoms with E-state index in [-0.39, 0.29) is 0 Å². The summed E-state index contributed by atoms with van der Waals surface area (Å²) in [7, 11) is 0. The van der Waals surface area contributed by atoms with Gasteiger partial charge in [-0.3, -0.25) is 0 Å². The molecule has 17 heavy (non-hydrogen) atoms. The smallest absolute Gasteiger partial charge is 0.0342 e. The third kappa shape index (κ3) is 3.90. The molecule has 0 heterocycles. The monoisotopic (exact) mass is 289 g/mol. The zero-order valence-electron chi connectivity index (χ0n) is 9.91. The molecule has 0 bridgehead atoms. The highest BCUT2D eigenvalue weighted by Gasteiger charge is 1.95. The molecule has 0 aliphatic heterocycles. The van der Waals surface area contributed by atoms with Gasteiger partial charge in [0.1, 0.15) is 0 Å². The SMILES string of the molecule is Cc1cccc(NCCc2cccc(Br)c2)c1. The van der Waals surface area contributed by atoms with Crippen LogP contribution in [-0.2, 0) is 6.42 Å². The topological polar surface area (TPSA) is 12.0 Å². The van der Waals surface area contributed by atoms with Gasteiger partial charge in [-0.05, 0) is 48.7 Å². The highest BCUT2D eigenvalue weighted by molar-refractivity contribution is 9.10. The predicted molar refractivity (Wildman–Crippen MR) is 77.5 cm³/mol. The maximum atomic E-state index is 3.49. The average molecular weight is 290 g/mol. The second kappa shape index (κ2) is 5.87. The summed E-state index contributed by atoms with van der Waals surface area (Å²) in [5, 5.41) is 3.44. The number of anilines is 1. The lowest BCUT2D eigenvalue weighted by Gasteiger charge is -2.07. The molecule has 0 aromatic heterocycles. The van der Waals surface area contributed by atoms with Crippen molar-refractivity contribution in [2.75, 3.05) is 11.9 Å². The zero-order valence-corrected chi connectivity index (χ0v) is 11.5. The van der Waals surface area contributed by atoms with E-state index in [1.165, 1.54) is 16.8 Å². The van der Waals surface area contributed by atoms with E-state index in [2.05, 4.69) is 76.7 Å². The van der Waals surface area contributed by atoms with Gasteiger partial charge in [-0.15, -0.1) is 0 Å². The predicted octanol–water partition coefficient (Wildman–Crippen LogP) is 4.41. The Labute approximate surface area is 111 Å².